The summed E-state index contributed by atoms with van der Waals surface area (Å²) in [4.78, 5) is 11.4. The number of aliphatic carboxylic acids is 1. The molecule has 1 rings (SSSR count). The number of carboxylic acid groups (broad SMARTS) is 1. The Kier molecular flexibility index (Phi) is 5.39. The van der Waals surface area contributed by atoms with E-state index >= 15 is 0 Å². The molecule has 2 N–H and O–H groups in total. The van der Waals surface area contributed by atoms with Crippen molar-refractivity contribution in [2.75, 3.05) is 0 Å². The van der Waals surface area contributed by atoms with Crippen molar-refractivity contribution in [3.05, 3.63) is 24.3 Å². The molecule has 5 nitrogen and oxygen atoms in total. The lowest BCUT2D eigenvalue weighted by molar-refractivity contribution is -0.136. The highest BCUT2D eigenvalue weighted by Crippen LogP contribution is 2.29. The van der Waals surface area contributed by atoms with Gasteiger partial charge >= 0.3 is 5.97 Å². The highest BCUT2D eigenvalue weighted by atomic mass is 32.2. The molecule has 0 heterocycles. The Hall–Kier alpha value is -1.05. The molecule has 0 fully saturated rings. The van der Waals surface area contributed by atoms with Crippen molar-refractivity contribution in [3.8, 4) is 0 Å². The van der Waals surface area contributed by atoms with Gasteiger partial charge in [0.15, 0.2) is 0 Å². The molecule has 7 heteroatoms. The number of benzene rings is 1. The number of hydrogen-bond donors (Lipinski definition) is 2. The Bertz CT molecular complexity index is 555. The smallest absolute Gasteiger partial charge is 0.316 e. The fraction of sp³-hybridized carbons (Fsp3) is 0.417. The zero-order valence-corrected chi connectivity index (χ0v) is 12.6. The number of thioether (sulfide) groups is 1. The Labute approximate surface area is 117 Å². The lowest BCUT2D eigenvalue weighted by Crippen LogP contribution is -2.30. The Morgan fingerprint density at radius 1 is 1.26 bits per heavy atom. The molecule has 0 aliphatic carbocycles. The van der Waals surface area contributed by atoms with E-state index < -0.39 is 21.2 Å². The molecule has 0 radical (unpaired) electrons. The van der Waals surface area contributed by atoms with Crippen molar-refractivity contribution in [1.29, 1.82) is 0 Å². The highest BCUT2D eigenvalue weighted by Gasteiger charge is 2.22. The summed E-state index contributed by atoms with van der Waals surface area (Å²) in [5, 5.41) is 8.18. The van der Waals surface area contributed by atoms with Gasteiger partial charge in [0, 0.05) is 10.9 Å². The normalized spacial score (nSPS) is 13.5. The summed E-state index contributed by atoms with van der Waals surface area (Å²) >= 11 is 1.01. The molecular weight excluding hydrogens is 286 g/mol. The van der Waals surface area contributed by atoms with E-state index in [-0.39, 0.29) is 10.9 Å². The van der Waals surface area contributed by atoms with Crippen molar-refractivity contribution in [2.45, 2.75) is 41.9 Å². The first-order valence-corrected chi connectivity index (χ1v) is 8.11. The summed E-state index contributed by atoms with van der Waals surface area (Å²) < 4.78 is 26.8. The molecule has 0 spiro atoms. The third-order valence-electron chi connectivity index (χ3n) is 2.18. The molecular formula is C12H17NO4S2. The second-order valence-corrected chi connectivity index (χ2v) is 7.39. The average Bonchev–Trinajstić information content (AvgIpc) is 2.27. The Balaban J connectivity index is 3.12. The van der Waals surface area contributed by atoms with Gasteiger partial charge in [-0.25, -0.2) is 13.1 Å². The number of nitrogens with one attached hydrogen (secondary N) is 1. The molecule has 1 atom stereocenters. The first kappa shape index (κ1) is 16.0. The van der Waals surface area contributed by atoms with Crippen LogP contribution in [0.3, 0.4) is 0 Å². The van der Waals surface area contributed by atoms with Crippen LogP contribution in [0.25, 0.3) is 0 Å². The molecule has 0 aliphatic rings. The molecule has 0 bridgehead atoms. The first-order chi connectivity index (χ1) is 8.74. The van der Waals surface area contributed by atoms with Crippen LogP contribution in [0.1, 0.15) is 20.8 Å². The molecule has 1 unspecified atom stereocenters. The number of sulfonamides is 1. The molecule has 0 saturated carbocycles. The van der Waals surface area contributed by atoms with Gasteiger partial charge in [-0.3, -0.25) is 4.79 Å². The van der Waals surface area contributed by atoms with Gasteiger partial charge in [0.1, 0.15) is 5.25 Å². The minimum atomic E-state index is -3.63. The minimum Gasteiger partial charge on any atom is -0.480 e. The van der Waals surface area contributed by atoms with Crippen molar-refractivity contribution in [1.82, 2.24) is 4.72 Å². The maximum absolute atomic E-state index is 12.1. The van der Waals surface area contributed by atoms with E-state index in [2.05, 4.69) is 4.72 Å². The van der Waals surface area contributed by atoms with Crippen LogP contribution in [-0.4, -0.2) is 30.8 Å². The quantitative estimate of drug-likeness (QED) is 0.785. The van der Waals surface area contributed by atoms with E-state index in [1.54, 1.807) is 32.0 Å². The van der Waals surface area contributed by atoms with Gasteiger partial charge in [-0.05, 0) is 32.9 Å². The minimum absolute atomic E-state index is 0.113. The van der Waals surface area contributed by atoms with Crippen LogP contribution in [0.5, 0.6) is 0 Å². The monoisotopic (exact) mass is 303 g/mol. The van der Waals surface area contributed by atoms with E-state index in [0.29, 0.717) is 4.90 Å². The van der Waals surface area contributed by atoms with Crippen LogP contribution in [0, 0.1) is 0 Å². The number of carbonyl (C=O) groups is 1. The molecule has 0 aliphatic heterocycles. The molecule has 0 aromatic heterocycles. The maximum Gasteiger partial charge on any atom is 0.316 e. The summed E-state index contributed by atoms with van der Waals surface area (Å²) in [6, 6.07) is 6.16. The van der Waals surface area contributed by atoms with Crippen LogP contribution in [0.15, 0.2) is 34.1 Å². The van der Waals surface area contributed by atoms with E-state index in [4.69, 9.17) is 5.11 Å². The number of carboxylic acids is 1. The highest BCUT2D eigenvalue weighted by molar-refractivity contribution is 8.01. The molecule has 106 valence electrons. The summed E-state index contributed by atoms with van der Waals surface area (Å²) in [5.74, 6) is -0.978. The summed E-state index contributed by atoms with van der Waals surface area (Å²) in [7, 11) is -3.63. The lowest BCUT2D eigenvalue weighted by Gasteiger charge is -2.14. The molecule has 0 amide bonds. The maximum atomic E-state index is 12.1. The second kappa shape index (κ2) is 6.40. The predicted molar refractivity (Wildman–Crippen MR) is 74.9 cm³/mol. The zero-order valence-electron chi connectivity index (χ0n) is 11.0. The molecule has 1 aromatic carbocycles. The van der Waals surface area contributed by atoms with Gasteiger partial charge in [0.05, 0.1) is 4.90 Å². The summed E-state index contributed by atoms with van der Waals surface area (Å²) in [6.45, 7) is 4.98. The first-order valence-electron chi connectivity index (χ1n) is 5.75. The standard InChI is InChI=1S/C12H17NO4S2/c1-8(2)13-19(16,17)11-7-5-4-6-10(11)18-9(3)12(14)15/h4-9,13H,1-3H3,(H,14,15). The van der Waals surface area contributed by atoms with Gasteiger partial charge in [0.2, 0.25) is 10.0 Å². The largest absolute Gasteiger partial charge is 0.480 e. The van der Waals surface area contributed by atoms with Gasteiger partial charge in [0.25, 0.3) is 0 Å². The fourth-order valence-electron chi connectivity index (χ4n) is 1.38. The molecule has 0 saturated heterocycles. The zero-order chi connectivity index (χ0) is 14.6. The topological polar surface area (TPSA) is 83.5 Å². The van der Waals surface area contributed by atoms with Crippen molar-refractivity contribution >= 4 is 27.8 Å². The predicted octanol–water partition coefficient (Wildman–Crippen LogP) is 1.94. The number of rotatable bonds is 6. The van der Waals surface area contributed by atoms with Crippen molar-refractivity contribution in [2.24, 2.45) is 0 Å². The Morgan fingerprint density at radius 3 is 2.37 bits per heavy atom. The fourth-order valence-corrected chi connectivity index (χ4v) is 4.02. The molecule has 1 aromatic rings. The van der Waals surface area contributed by atoms with Crippen LogP contribution in [0.2, 0.25) is 0 Å². The van der Waals surface area contributed by atoms with E-state index in [1.807, 2.05) is 0 Å². The average molecular weight is 303 g/mol. The summed E-state index contributed by atoms with van der Waals surface area (Å²) in [6.07, 6.45) is 0. The van der Waals surface area contributed by atoms with Gasteiger partial charge < -0.3 is 5.11 Å². The lowest BCUT2D eigenvalue weighted by atomic mass is 10.4. The van der Waals surface area contributed by atoms with E-state index in [9.17, 15) is 13.2 Å². The second-order valence-electron chi connectivity index (χ2n) is 4.32. The van der Waals surface area contributed by atoms with Crippen LogP contribution in [-0.2, 0) is 14.8 Å². The van der Waals surface area contributed by atoms with Crippen LogP contribution < -0.4 is 4.72 Å². The van der Waals surface area contributed by atoms with Crippen LogP contribution >= 0.6 is 11.8 Å². The van der Waals surface area contributed by atoms with Gasteiger partial charge in [-0.1, -0.05) is 12.1 Å². The summed E-state index contributed by atoms with van der Waals surface area (Å²) in [5.41, 5.74) is 0. The van der Waals surface area contributed by atoms with Gasteiger partial charge in [-0.2, -0.15) is 0 Å². The van der Waals surface area contributed by atoms with E-state index in [0.717, 1.165) is 11.8 Å². The SMILES string of the molecule is CC(C)NS(=O)(=O)c1ccccc1SC(C)C(=O)O. The van der Waals surface area contributed by atoms with Crippen molar-refractivity contribution in [3.63, 3.8) is 0 Å². The van der Waals surface area contributed by atoms with Crippen LogP contribution in [0.4, 0.5) is 0 Å². The molecule has 19 heavy (non-hydrogen) atoms. The number of hydrogen-bond acceptors (Lipinski definition) is 4. The van der Waals surface area contributed by atoms with E-state index in [1.165, 1.54) is 13.0 Å². The van der Waals surface area contributed by atoms with Crippen molar-refractivity contribution < 1.29 is 18.3 Å². The Morgan fingerprint density at radius 2 is 1.84 bits per heavy atom. The third kappa shape index (κ3) is 4.52. The third-order valence-corrected chi connectivity index (χ3v) is 5.19. The van der Waals surface area contributed by atoms with Gasteiger partial charge in [-0.15, -0.1) is 11.8 Å².